The van der Waals surface area contributed by atoms with E-state index in [1.165, 1.54) is 19.1 Å². The molecule has 0 aromatic carbocycles. The summed E-state index contributed by atoms with van der Waals surface area (Å²) in [7, 11) is 0. The molecule has 4 rings (SSSR count). The first kappa shape index (κ1) is 15.1. The molecule has 126 valence electrons. The molecule has 0 bridgehead atoms. The first-order valence-corrected chi connectivity index (χ1v) is 8.50. The zero-order valence-corrected chi connectivity index (χ0v) is 13.6. The van der Waals surface area contributed by atoms with Crippen molar-refractivity contribution >= 4 is 11.7 Å². The van der Waals surface area contributed by atoms with Crippen LogP contribution in [0.3, 0.4) is 0 Å². The summed E-state index contributed by atoms with van der Waals surface area (Å²) in [6.07, 6.45) is 6.54. The zero-order valence-electron chi connectivity index (χ0n) is 13.6. The van der Waals surface area contributed by atoms with E-state index in [-0.39, 0.29) is 12.0 Å². The Kier molecular flexibility index (Phi) is 4.11. The first-order valence-electron chi connectivity index (χ1n) is 8.50. The molecule has 24 heavy (non-hydrogen) atoms. The van der Waals surface area contributed by atoms with Crippen molar-refractivity contribution in [3.8, 4) is 5.75 Å². The number of likely N-dealkylation sites (tertiary alicyclic amines) is 1. The van der Waals surface area contributed by atoms with Gasteiger partial charge >= 0.3 is 0 Å². The standard InChI is InChI=1S/C18H21N3O3/c22-18(16-6-4-12-23-16)21-11-7-14(13-21)24-15-5-3-8-19-17(15)20-9-1-2-10-20/h3-6,8,12,14H,1-2,7,9-11,13H2/t14-/m0/s1. The van der Waals surface area contributed by atoms with Crippen LogP contribution >= 0.6 is 0 Å². The molecule has 0 spiro atoms. The Morgan fingerprint density at radius 2 is 2.08 bits per heavy atom. The Morgan fingerprint density at radius 3 is 2.88 bits per heavy atom. The van der Waals surface area contributed by atoms with E-state index < -0.39 is 0 Å². The van der Waals surface area contributed by atoms with Gasteiger partial charge in [0.25, 0.3) is 5.91 Å². The van der Waals surface area contributed by atoms with Crippen molar-refractivity contribution in [2.24, 2.45) is 0 Å². The van der Waals surface area contributed by atoms with Crippen LogP contribution in [0.4, 0.5) is 5.82 Å². The number of nitrogens with zero attached hydrogens (tertiary/aromatic N) is 3. The minimum Gasteiger partial charge on any atom is -0.485 e. The van der Waals surface area contributed by atoms with Gasteiger partial charge in [-0.05, 0) is 37.1 Å². The van der Waals surface area contributed by atoms with Gasteiger partial charge in [0.15, 0.2) is 17.3 Å². The van der Waals surface area contributed by atoms with Crippen LogP contribution in [0, 0.1) is 0 Å². The Labute approximate surface area is 141 Å². The topological polar surface area (TPSA) is 58.8 Å². The fraction of sp³-hybridized carbons (Fsp3) is 0.444. The number of aromatic nitrogens is 1. The van der Waals surface area contributed by atoms with Gasteiger partial charge in [-0.15, -0.1) is 0 Å². The van der Waals surface area contributed by atoms with Crippen LogP contribution in [0.25, 0.3) is 0 Å². The smallest absolute Gasteiger partial charge is 0.289 e. The lowest BCUT2D eigenvalue weighted by Gasteiger charge is -2.22. The fourth-order valence-electron chi connectivity index (χ4n) is 3.39. The number of carbonyl (C=O) groups excluding carboxylic acids is 1. The molecule has 0 radical (unpaired) electrons. The van der Waals surface area contributed by atoms with E-state index in [2.05, 4.69) is 9.88 Å². The number of ether oxygens (including phenoxy) is 1. The summed E-state index contributed by atoms with van der Waals surface area (Å²) >= 11 is 0. The average molecular weight is 327 g/mol. The third kappa shape index (κ3) is 2.96. The molecule has 2 aromatic rings. The summed E-state index contributed by atoms with van der Waals surface area (Å²) < 4.78 is 11.4. The molecular weight excluding hydrogens is 306 g/mol. The molecule has 1 atom stereocenters. The lowest BCUT2D eigenvalue weighted by molar-refractivity contribution is 0.0741. The second-order valence-corrected chi connectivity index (χ2v) is 6.28. The summed E-state index contributed by atoms with van der Waals surface area (Å²) in [5, 5.41) is 0. The van der Waals surface area contributed by atoms with E-state index in [0.29, 0.717) is 18.8 Å². The van der Waals surface area contributed by atoms with E-state index in [4.69, 9.17) is 9.15 Å². The molecular formula is C18H21N3O3. The summed E-state index contributed by atoms with van der Waals surface area (Å²) in [6.45, 7) is 3.32. The summed E-state index contributed by atoms with van der Waals surface area (Å²) in [5.74, 6) is 2.05. The molecule has 0 saturated carbocycles. The highest BCUT2D eigenvalue weighted by atomic mass is 16.5. The molecule has 2 saturated heterocycles. The maximum absolute atomic E-state index is 12.3. The maximum Gasteiger partial charge on any atom is 0.289 e. The number of anilines is 1. The summed E-state index contributed by atoms with van der Waals surface area (Å²) in [5.41, 5.74) is 0. The van der Waals surface area contributed by atoms with Crippen molar-refractivity contribution < 1.29 is 13.9 Å². The minimum atomic E-state index is -0.0722. The van der Waals surface area contributed by atoms with Crippen LogP contribution < -0.4 is 9.64 Å². The van der Waals surface area contributed by atoms with Gasteiger partial charge in [-0.2, -0.15) is 0 Å². The van der Waals surface area contributed by atoms with E-state index in [0.717, 1.165) is 31.1 Å². The van der Waals surface area contributed by atoms with Gasteiger partial charge in [0, 0.05) is 32.3 Å². The molecule has 2 aromatic heterocycles. The van der Waals surface area contributed by atoms with Crippen LogP contribution in [0.5, 0.6) is 5.75 Å². The van der Waals surface area contributed by atoms with Crippen LogP contribution in [0.15, 0.2) is 41.1 Å². The molecule has 0 aliphatic carbocycles. The highest BCUT2D eigenvalue weighted by Gasteiger charge is 2.30. The molecule has 0 unspecified atom stereocenters. The molecule has 6 heteroatoms. The highest BCUT2D eigenvalue weighted by molar-refractivity contribution is 5.91. The van der Waals surface area contributed by atoms with Crippen molar-refractivity contribution in [1.29, 1.82) is 0 Å². The van der Waals surface area contributed by atoms with E-state index in [1.807, 2.05) is 18.3 Å². The van der Waals surface area contributed by atoms with Crippen molar-refractivity contribution in [2.75, 3.05) is 31.1 Å². The fourth-order valence-corrected chi connectivity index (χ4v) is 3.39. The molecule has 6 nitrogen and oxygen atoms in total. The molecule has 4 heterocycles. The number of amides is 1. The van der Waals surface area contributed by atoms with E-state index in [1.54, 1.807) is 17.0 Å². The number of hydrogen-bond donors (Lipinski definition) is 0. The van der Waals surface area contributed by atoms with Gasteiger partial charge < -0.3 is 19.0 Å². The van der Waals surface area contributed by atoms with Crippen molar-refractivity contribution in [2.45, 2.75) is 25.4 Å². The number of furan rings is 1. The Balaban J connectivity index is 1.43. The first-order chi connectivity index (χ1) is 11.8. The minimum absolute atomic E-state index is 0.00512. The van der Waals surface area contributed by atoms with Crippen LogP contribution in [0.2, 0.25) is 0 Å². The predicted molar refractivity (Wildman–Crippen MR) is 89.3 cm³/mol. The van der Waals surface area contributed by atoms with Gasteiger partial charge in [0.1, 0.15) is 6.10 Å². The molecule has 0 N–H and O–H groups in total. The van der Waals surface area contributed by atoms with E-state index >= 15 is 0 Å². The van der Waals surface area contributed by atoms with Crippen LogP contribution in [-0.4, -0.2) is 48.1 Å². The maximum atomic E-state index is 12.3. The van der Waals surface area contributed by atoms with Crippen molar-refractivity contribution in [3.05, 3.63) is 42.5 Å². The Morgan fingerprint density at radius 1 is 1.21 bits per heavy atom. The van der Waals surface area contributed by atoms with Crippen molar-refractivity contribution in [1.82, 2.24) is 9.88 Å². The van der Waals surface area contributed by atoms with Gasteiger partial charge in [-0.25, -0.2) is 4.98 Å². The van der Waals surface area contributed by atoms with Gasteiger partial charge in [0.2, 0.25) is 0 Å². The number of rotatable bonds is 4. The SMILES string of the molecule is O=C(c1ccco1)N1CC[C@H](Oc2cccnc2N2CCCC2)C1. The monoisotopic (exact) mass is 327 g/mol. The van der Waals surface area contributed by atoms with Crippen LogP contribution in [0.1, 0.15) is 29.8 Å². The Hall–Kier alpha value is -2.50. The normalized spacial score (nSPS) is 20.6. The molecule has 2 fully saturated rings. The third-order valence-electron chi connectivity index (χ3n) is 4.61. The number of hydrogen-bond acceptors (Lipinski definition) is 5. The van der Waals surface area contributed by atoms with Gasteiger partial charge in [-0.1, -0.05) is 0 Å². The second-order valence-electron chi connectivity index (χ2n) is 6.28. The quantitative estimate of drug-likeness (QED) is 0.864. The zero-order chi connectivity index (χ0) is 16.4. The largest absolute Gasteiger partial charge is 0.485 e. The van der Waals surface area contributed by atoms with Crippen molar-refractivity contribution in [3.63, 3.8) is 0 Å². The lowest BCUT2D eigenvalue weighted by atomic mass is 10.3. The molecule has 2 aliphatic rings. The number of pyridine rings is 1. The highest BCUT2D eigenvalue weighted by Crippen LogP contribution is 2.30. The molecule has 1 amide bonds. The number of carbonyl (C=O) groups is 1. The molecule has 2 aliphatic heterocycles. The third-order valence-corrected chi connectivity index (χ3v) is 4.61. The van der Waals surface area contributed by atoms with E-state index in [9.17, 15) is 4.79 Å². The van der Waals surface area contributed by atoms with Gasteiger partial charge in [-0.3, -0.25) is 4.79 Å². The lowest BCUT2D eigenvalue weighted by Crippen LogP contribution is -2.31. The van der Waals surface area contributed by atoms with Crippen LogP contribution in [-0.2, 0) is 0 Å². The summed E-state index contributed by atoms with van der Waals surface area (Å²) in [6, 6.07) is 7.30. The summed E-state index contributed by atoms with van der Waals surface area (Å²) in [4.78, 5) is 20.9. The van der Waals surface area contributed by atoms with Gasteiger partial charge in [0.05, 0.1) is 12.8 Å². The average Bonchev–Trinajstić information content (AvgIpc) is 3.36. The second kappa shape index (κ2) is 6.55. The predicted octanol–water partition coefficient (Wildman–Crippen LogP) is 2.57. The Bertz CT molecular complexity index is 695.